The number of anilines is 1. The summed E-state index contributed by atoms with van der Waals surface area (Å²) in [6.45, 7) is 6.12. The van der Waals surface area contributed by atoms with Crippen LogP contribution in [0, 0.1) is 13.8 Å². The average Bonchev–Trinajstić information content (AvgIpc) is 2.67. The Kier molecular flexibility index (Phi) is 7.53. The van der Waals surface area contributed by atoms with Gasteiger partial charge < -0.3 is 10.1 Å². The minimum atomic E-state index is -3.89. The summed E-state index contributed by atoms with van der Waals surface area (Å²) in [5.74, 6) is 0.158. The minimum absolute atomic E-state index is 0.0228. The SMILES string of the molecule is CCCOc1ccc(C(=O)CCC(=O)Nc2cc(S(N)(=O)=O)cc(C)c2C)cc1. The Morgan fingerprint density at radius 1 is 1.07 bits per heavy atom. The largest absolute Gasteiger partial charge is 0.494 e. The lowest BCUT2D eigenvalue weighted by Crippen LogP contribution is -2.17. The molecule has 0 atom stereocenters. The van der Waals surface area contributed by atoms with Crippen molar-refractivity contribution in [2.75, 3.05) is 11.9 Å². The molecule has 0 heterocycles. The number of nitrogens with two attached hydrogens (primary N) is 1. The van der Waals surface area contributed by atoms with Gasteiger partial charge in [0.1, 0.15) is 5.75 Å². The van der Waals surface area contributed by atoms with Gasteiger partial charge in [-0.25, -0.2) is 13.6 Å². The summed E-state index contributed by atoms with van der Waals surface area (Å²) in [6, 6.07) is 9.59. The number of primary sulfonamides is 1. The van der Waals surface area contributed by atoms with Crippen molar-refractivity contribution in [2.24, 2.45) is 5.14 Å². The number of hydrogen-bond donors (Lipinski definition) is 2. The van der Waals surface area contributed by atoms with Crippen LogP contribution in [0.15, 0.2) is 41.3 Å². The van der Waals surface area contributed by atoms with Gasteiger partial charge in [0.05, 0.1) is 11.5 Å². The number of benzene rings is 2. The number of sulfonamides is 1. The van der Waals surface area contributed by atoms with Gasteiger partial charge in [0, 0.05) is 24.1 Å². The highest BCUT2D eigenvalue weighted by Crippen LogP contribution is 2.24. The number of hydrogen-bond acceptors (Lipinski definition) is 5. The van der Waals surface area contributed by atoms with Crippen molar-refractivity contribution < 1.29 is 22.7 Å². The lowest BCUT2D eigenvalue weighted by molar-refractivity contribution is -0.116. The molecular formula is C21H26N2O5S. The zero-order chi connectivity index (χ0) is 21.6. The first-order valence-corrected chi connectivity index (χ1v) is 10.9. The fourth-order valence-electron chi connectivity index (χ4n) is 2.66. The third-order valence-electron chi connectivity index (χ3n) is 4.47. The van der Waals surface area contributed by atoms with Crippen molar-refractivity contribution in [3.8, 4) is 5.75 Å². The van der Waals surface area contributed by atoms with E-state index in [0.29, 0.717) is 29.2 Å². The van der Waals surface area contributed by atoms with Crippen LogP contribution in [0.1, 0.15) is 47.7 Å². The summed E-state index contributed by atoms with van der Waals surface area (Å²) >= 11 is 0. The fraction of sp³-hybridized carbons (Fsp3) is 0.333. The smallest absolute Gasteiger partial charge is 0.238 e. The van der Waals surface area contributed by atoms with Crippen molar-refractivity contribution in [2.45, 2.75) is 44.9 Å². The van der Waals surface area contributed by atoms with Gasteiger partial charge >= 0.3 is 0 Å². The zero-order valence-corrected chi connectivity index (χ0v) is 17.6. The number of rotatable bonds is 9. The highest BCUT2D eigenvalue weighted by molar-refractivity contribution is 7.89. The average molecular weight is 419 g/mol. The molecule has 156 valence electrons. The number of ketones is 1. The molecule has 0 radical (unpaired) electrons. The molecule has 2 aromatic carbocycles. The van der Waals surface area contributed by atoms with Gasteiger partial charge in [0.25, 0.3) is 0 Å². The summed E-state index contributed by atoms with van der Waals surface area (Å²) in [5, 5.41) is 7.85. The summed E-state index contributed by atoms with van der Waals surface area (Å²) in [5.41, 5.74) is 2.29. The van der Waals surface area contributed by atoms with Crippen LogP contribution in [-0.2, 0) is 14.8 Å². The van der Waals surface area contributed by atoms with Crippen LogP contribution in [-0.4, -0.2) is 26.7 Å². The number of carbonyl (C=O) groups excluding carboxylic acids is 2. The van der Waals surface area contributed by atoms with E-state index in [-0.39, 0.29) is 29.4 Å². The fourth-order valence-corrected chi connectivity index (χ4v) is 3.28. The van der Waals surface area contributed by atoms with E-state index >= 15 is 0 Å². The number of ether oxygens (including phenoxy) is 1. The quantitative estimate of drug-likeness (QED) is 0.606. The van der Waals surface area contributed by atoms with E-state index in [1.54, 1.807) is 38.1 Å². The molecule has 2 rings (SSSR count). The lowest BCUT2D eigenvalue weighted by atomic mass is 10.1. The van der Waals surface area contributed by atoms with Crippen molar-refractivity contribution >= 4 is 27.4 Å². The van der Waals surface area contributed by atoms with Gasteiger partial charge in [-0.05, 0) is 67.8 Å². The molecule has 0 bridgehead atoms. The number of aryl methyl sites for hydroxylation is 1. The highest BCUT2D eigenvalue weighted by atomic mass is 32.2. The first kappa shape index (κ1) is 22.6. The van der Waals surface area contributed by atoms with Crippen LogP contribution in [0.2, 0.25) is 0 Å². The maximum absolute atomic E-state index is 12.3. The van der Waals surface area contributed by atoms with Crippen molar-refractivity contribution in [1.82, 2.24) is 0 Å². The monoisotopic (exact) mass is 418 g/mol. The molecule has 2 aromatic rings. The van der Waals surface area contributed by atoms with Gasteiger partial charge in [-0.3, -0.25) is 9.59 Å². The van der Waals surface area contributed by atoms with E-state index in [1.807, 2.05) is 6.92 Å². The maximum atomic E-state index is 12.3. The second kappa shape index (κ2) is 9.67. The summed E-state index contributed by atoms with van der Waals surface area (Å²) in [4.78, 5) is 24.5. The van der Waals surface area contributed by atoms with Gasteiger partial charge in [-0.2, -0.15) is 0 Å². The van der Waals surface area contributed by atoms with Gasteiger partial charge in [0.15, 0.2) is 5.78 Å². The molecule has 0 aliphatic carbocycles. The molecule has 1 amide bonds. The molecular weight excluding hydrogens is 392 g/mol. The number of carbonyl (C=O) groups is 2. The van der Waals surface area contributed by atoms with Crippen molar-refractivity contribution in [3.05, 3.63) is 53.1 Å². The molecule has 0 saturated carbocycles. The van der Waals surface area contributed by atoms with Crippen LogP contribution in [0.5, 0.6) is 5.75 Å². The zero-order valence-electron chi connectivity index (χ0n) is 16.8. The molecule has 0 fully saturated rings. The first-order valence-electron chi connectivity index (χ1n) is 9.31. The van der Waals surface area contributed by atoms with Crippen LogP contribution in [0.25, 0.3) is 0 Å². The number of amides is 1. The summed E-state index contributed by atoms with van der Waals surface area (Å²) in [6.07, 6.45) is 0.911. The molecule has 29 heavy (non-hydrogen) atoms. The Labute approximate surface area is 171 Å². The summed E-state index contributed by atoms with van der Waals surface area (Å²) < 4.78 is 28.7. The molecule has 0 aliphatic rings. The molecule has 0 aliphatic heterocycles. The molecule has 0 aromatic heterocycles. The number of Topliss-reactive ketones (excluding diaryl/α,β-unsaturated/α-hetero) is 1. The van der Waals surface area contributed by atoms with E-state index in [1.165, 1.54) is 12.1 Å². The number of nitrogens with one attached hydrogen (secondary N) is 1. The molecule has 0 spiro atoms. The van der Waals surface area contributed by atoms with E-state index in [0.717, 1.165) is 12.0 Å². The van der Waals surface area contributed by atoms with Crippen LogP contribution in [0.3, 0.4) is 0 Å². The second-order valence-electron chi connectivity index (χ2n) is 6.80. The van der Waals surface area contributed by atoms with Crippen LogP contribution < -0.4 is 15.2 Å². The van der Waals surface area contributed by atoms with E-state index < -0.39 is 10.0 Å². The minimum Gasteiger partial charge on any atom is -0.494 e. The Morgan fingerprint density at radius 3 is 2.31 bits per heavy atom. The van der Waals surface area contributed by atoms with E-state index in [4.69, 9.17) is 9.88 Å². The molecule has 3 N–H and O–H groups in total. The van der Waals surface area contributed by atoms with Gasteiger partial charge in [0.2, 0.25) is 15.9 Å². The van der Waals surface area contributed by atoms with Gasteiger partial charge in [-0.1, -0.05) is 6.92 Å². The van der Waals surface area contributed by atoms with Crippen molar-refractivity contribution in [3.63, 3.8) is 0 Å². The normalized spacial score (nSPS) is 11.2. The maximum Gasteiger partial charge on any atom is 0.238 e. The molecule has 0 saturated heterocycles. The predicted octanol–water partition coefficient (Wildman–Crippen LogP) is 3.34. The Bertz CT molecular complexity index is 998. The van der Waals surface area contributed by atoms with Gasteiger partial charge in [-0.15, -0.1) is 0 Å². The third-order valence-corrected chi connectivity index (χ3v) is 5.36. The van der Waals surface area contributed by atoms with Crippen LogP contribution >= 0.6 is 0 Å². The van der Waals surface area contributed by atoms with E-state index in [2.05, 4.69) is 5.32 Å². The lowest BCUT2D eigenvalue weighted by Gasteiger charge is -2.12. The second-order valence-corrected chi connectivity index (χ2v) is 8.36. The molecule has 7 nitrogen and oxygen atoms in total. The Hall–Kier alpha value is -2.71. The van der Waals surface area contributed by atoms with Crippen molar-refractivity contribution in [1.29, 1.82) is 0 Å². The van der Waals surface area contributed by atoms with E-state index in [9.17, 15) is 18.0 Å². The Morgan fingerprint density at radius 2 is 1.72 bits per heavy atom. The standard InChI is InChI=1S/C21H26N2O5S/c1-4-11-28-17-7-5-16(6-8-17)20(24)9-10-21(25)23-19-13-18(29(22,26)27)12-14(2)15(19)3/h5-8,12-13H,4,9-11H2,1-3H3,(H,23,25)(H2,22,26,27). The third kappa shape index (κ3) is 6.40. The molecule has 8 heteroatoms. The Balaban J connectivity index is 1.99. The summed E-state index contributed by atoms with van der Waals surface area (Å²) in [7, 11) is -3.89. The topological polar surface area (TPSA) is 116 Å². The predicted molar refractivity (Wildman–Crippen MR) is 112 cm³/mol. The van der Waals surface area contributed by atoms with Crippen LogP contribution in [0.4, 0.5) is 5.69 Å². The first-order chi connectivity index (χ1) is 13.6. The molecule has 0 unspecified atom stereocenters. The highest BCUT2D eigenvalue weighted by Gasteiger charge is 2.15.